The number of imidazole rings is 1. The Bertz CT molecular complexity index is 623. The Balaban J connectivity index is 2.02. The highest BCUT2D eigenvalue weighted by Crippen LogP contribution is 2.33. The maximum Gasteiger partial charge on any atom is 0.163 e. The summed E-state index contributed by atoms with van der Waals surface area (Å²) < 4.78 is 5.39. The molecule has 0 amide bonds. The highest BCUT2D eigenvalue weighted by atomic mass is 32.2. The zero-order valence-corrected chi connectivity index (χ0v) is 11.0. The SMILES string of the molecule is NSc1nc(C2O[C@H](CO)[C@@H](O)[C@H]2O)nc2[nH]cnc12. The standard InChI is InChI=1S/C10H13N5O4S/c11-20-10-4-8(13-2-12-4)14-9(15-10)7-6(18)5(17)3(1-16)19-7/h2-3,5-7,16-18H,1,11H2,(H,12,13,14,15)/t3-,5-,6-,7?/m1/s1. The first-order chi connectivity index (χ1) is 9.65. The molecule has 1 aliphatic heterocycles. The second-order valence-electron chi connectivity index (χ2n) is 4.36. The Morgan fingerprint density at radius 2 is 2.15 bits per heavy atom. The number of nitrogens with one attached hydrogen (secondary N) is 1. The van der Waals surface area contributed by atoms with E-state index in [0.717, 1.165) is 11.9 Å². The minimum atomic E-state index is -1.22. The number of fused-ring (bicyclic) bond motifs is 1. The first kappa shape index (κ1) is 13.7. The third-order valence-electron chi connectivity index (χ3n) is 3.17. The van der Waals surface area contributed by atoms with Crippen LogP contribution < -0.4 is 5.14 Å². The highest BCUT2D eigenvalue weighted by Gasteiger charge is 2.44. The molecular weight excluding hydrogens is 286 g/mol. The lowest BCUT2D eigenvalue weighted by Crippen LogP contribution is -2.32. The fourth-order valence-corrected chi connectivity index (χ4v) is 2.56. The van der Waals surface area contributed by atoms with E-state index in [1.165, 1.54) is 6.33 Å². The lowest BCUT2D eigenvalue weighted by Gasteiger charge is -2.13. The van der Waals surface area contributed by atoms with Gasteiger partial charge in [-0.05, 0) is 11.9 Å². The summed E-state index contributed by atoms with van der Waals surface area (Å²) in [5.74, 6) is 0.178. The molecule has 1 fully saturated rings. The molecule has 1 saturated heterocycles. The average Bonchev–Trinajstić information content (AvgIpc) is 3.04. The minimum Gasteiger partial charge on any atom is -0.394 e. The molecule has 20 heavy (non-hydrogen) atoms. The third kappa shape index (κ3) is 2.06. The summed E-state index contributed by atoms with van der Waals surface area (Å²) in [6.07, 6.45) is -2.76. The molecule has 6 N–H and O–H groups in total. The van der Waals surface area contributed by atoms with Gasteiger partial charge >= 0.3 is 0 Å². The van der Waals surface area contributed by atoms with E-state index < -0.39 is 31.0 Å². The monoisotopic (exact) mass is 299 g/mol. The van der Waals surface area contributed by atoms with Gasteiger partial charge in [0.05, 0.1) is 12.9 Å². The lowest BCUT2D eigenvalue weighted by atomic mass is 10.1. The van der Waals surface area contributed by atoms with E-state index in [1.807, 2.05) is 0 Å². The number of aromatic nitrogens is 4. The number of nitrogens with two attached hydrogens (primary N) is 1. The van der Waals surface area contributed by atoms with Crippen LogP contribution in [-0.2, 0) is 4.74 Å². The number of aliphatic hydroxyl groups excluding tert-OH is 3. The van der Waals surface area contributed by atoms with Crippen molar-refractivity contribution in [2.24, 2.45) is 5.14 Å². The van der Waals surface area contributed by atoms with Crippen LogP contribution in [-0.4, -0.2) is 60.2 Å². The summed E-state index contributed by atoms with van der Waals surface area (Å²) >= 11 is 0.902. The maximum absolute atomic E-state index is 9.97. The minimum absolute atomic E-state index is 0.178. The summed E-state index contributed by atoms with van der Waals surface area (Å²) in [5.41, 5.74) is 0.980. The van der Waals surface area contributed by atoms with Gasteiger partial charge in [0.2, 0.25) is 0 Å². The predicted molar refractivity (Wildman–Crippen MR) is 68.4 cm³/mol. The molecule has 0 aromatic carbocycles. The topological polar surface area (TPSA) is 150 Å². The van der Waals surface area contributed by atoms with Crippen LogP contribution in [0.25, 0.3) is 11.2 Å². The molecule has 0 aliphatic carbocycles. The molecule has 108 valence electrons. The van der Waals surface area contributed by atoms with Crippen LogP contribution in [0.3, 0.4) is 0 Å². The molecule has 2 aromatic heterocycles. The molecule has 4 atom stereocenters. The normalized spacial score (nSPS) is 30.2. The molecule has 1 unspecified atom stereocenters. The lowest BCUT2D eigenvalue weighted by molar-refractivity contribution is -0.0253. The van der Waals surface area contributed by atoms with Crippen LogP contribution in [0.1, 0.15) is 11.9 Å². The van der Waals surface area contributed by atoms with Gasteiger partial charge in [0.1, 0.15) is 35.0 Å². The number of nitrogens with zero attached hydrogens (tertiary/aromatic N) is 3. The fraction of sp³-hybridized carbons (Fsp3) is 0.500. The third-order valence-corrected chi connectivity index (χ3v) is 3.68. The number of H-pyrrole nitrogens is 1. The second-order valence-corrected chi connectivity index (χ2v) is 4.99. The Morgan fingerprint density at radius 3 is 2.80 bits per heavy atom. The number of hydrogen-bond donors (Lipinski definition) is 5. The summed E-state index contributed by atoms with van der Waals surface area (Å²) in [6, 6.07) is 0. The van der Waals surface area contributed by atoms with Crippen molar-refractivity contribution in [1.29, 1.82) is 0 Å². The van der Waals surface area contributed by atoms with Crippen molar-refractivity contribution in [1.82, 2.24) is 19.9 Å². The van der Waals surface area contributed by atoms with E-state index in [1.54, 1.807) is 0 Å². The maximum atomic E-state index is 9.97. The molecule has 2 aromatic rings. The zero-order chi connectivity index (χ0) is 14.3. The molecule has 3 rings (SSSR count). The van der Waals surface area contributed by atoms with E-state index in [9.17, 15) is 10.2 Å². The molecule has 0 bridgehead atoms. The summed E-state index contributed by atoms with van der Waals surface area (Å²) in [6.45, 7) is -0.403. The van der Waals surface area contributed by atoms with Crippen LogP contribution in [0.4, 0.5) is 0 Å². The summed E-state index contributed by atoms with van der Waals surface area (Å²) in [5, 5.41) is 34.8. The Labute approximate surface area is 117 Å². The van der Waals surface area contributed by atoms with Crippen molar-refractivity contribution in [3.8, 4) is 0 Å². The molecule has 3 heterocycles. The van der Waals surface area contributed by atoms with Crippen LogP contribution >= 0.6 is 11.9 Å². The Morgan fingerprint density at radius 1 is 1.35 bits per heavy atom. The van der Waals surface area contributed by atoms with Crippen molar-refractivity contribution in [2.75, 3.05) is 6.61 Å². The van der Waals surface area contributed by atoms with Gasteiger partial charge in [-0.25, -0.2) is 15.0 Å². The largest absolute Gasteiger partial charge is 0.394 e. The zero-order valence-electron chi connectivity index (χ0n) is 10.2. The van der Waals surface area contributed by atoms with Gasteiger partial charge < -0.3 is 25.0 Å². The van der Waals surface area contributed by atoms with Crippen molar-refractivity contribution < 1.29 is 20.1 Å². The molecular formula is C10H13N5O4S. The van der Waals surface area contributed by atoms with Gasteiger partial charge in [-0.15, -0.1) is 0 Å². The van der Waals surface area contributed by atoms with Crippen molar-refractivity contribution in [3.05, 3.63) is 12.2 Å². The first-order valence-corrected chi connectivity index (χ1v) is 6.74. The van der Waals surface area contributed by atoms with Gasteiger partial charge in [0.25, 0.3) is 0 Å². The van der Waals surface area contributed by atoms with Gasteiger partial charge in [0, 0.05) is 0 Å². The molecule has 0 spiro atoms. The molecule has 0 saturated carbocycles. The van der Waals surface area contributed by atoms with Gasteiger partial charge in [-0.2, -0.15) is 0 Å². The van der Waals surface area contributed by atoms with Crippen molar-refractivity contribution in [3.63, 3.8) is 0 Å². The number of rotatable bonds is 3. The summed E-state index contributed by atoms with van der Waals surface area (Å²) in [4.78, 5) is 15.3. The van der Waals surface area contributed by atoms with Gasteiger partial charge in [-0.3, -0.25) is 5.14 Å². The number of aromatic amines is 1. The van der Waals surface area contributed by atoms with E-state index in [0.29, 0.717) is 16.2 Å². The smallest absolute Gasteiger partial charge is 0.163 e. The quantitative estimate of drug-likeness (QED) is 0.336. The van der Waals surface area contributed by atoms with Crippen LogP contribution in [0.15, 0.2) is 11.4 Å². The van der Waals surface area contributed by atoms with Crippen LogP contribution in [0.2, 0.25) is 0 Å². The molecule has 1 aliphatic rings. The van der Waals surface area contributed by atoms with Crippen LogP contribution in [0, 0.1) is 0 Å². The molecule has 10 heteroatoms. The van der Waals surface area contributed by atoms with E-state index >= 15 is 0 Å². The Hall–Kier alpha value is -1.30. The second kappa shape index (κ2) is 5.24. The van der Waals surface area contributed by atoms with E-state index in [-0.39, 0.29) is 5.82 Å². The van der Waals surface area contributed by atoms with Crippen molar-refractivity contribution >= 4 is 23.1 Å². The van der Waals surface area contributed by atoms with E-state index in [2.05, 4.69) is 19.9 Å². The van der Waals surface area contributed by atoms with Gasteiger partial charge in [-0.1, -0.05) is 0 Å². The first-order valence-electron chi connectivity index (χ1n) is 5.86. The average molecular weight is 299 g/mol. The molecule has 9 nitrogen and oxygen atoms in total. The highest BCUT2D eigenvalue weighted by molar-refractivity contribution is 7.97. The number of hydrogen-bond acceptors (Lipinski definition) is 9. The number of aliphatic hydroxyl groups is 3. The summed E-state index contributed by atoms with van der Waals surface area (Å²) in [7, 11) is 0. The molecule has 0 radical (unpaired) electrons. The van der Waals surface area contributed by atoms with Crippen LogP contribution in [0.5, 0.6) is 0 Å². The van der Waals surface area contributed by atoms with Crippen molar-refractivity contribution in [2.45, 2.75) is 29.4 Å². The fourth-order valence-electron chi connectivity index (χ4n) is 2.15. The van der Waals surface area contributed by atoms with Gasteiger partial charge in [0.15, 0.2) is 11.5 Å². The van der Waals surface area contributed by atoms with E-state index in [4.69, 9.17) is 15.0 Å². The predicted octanol–water partition coefficient (Wildman–Crippen LogP) is -1.53. The number of ether oxygens (including phenoxy) is 1. The Kier molecular flexibility index (Phi) is 3.58.